The fourth-order valence-corrected chi connectivity index (χ4v) is 1.35. The van der Waals surface area contributed by atoms with Crippen LogP contribution in [0.3, 0.4) is 0 Å². The summed E-state index contributed by atoms with van der Waals surface area (Å²) in [7, 11) is 1.74. The van der Waals surface area contributed by atoms with E-state index in [2.05, 4.69) is 53.8 Å². The van der Waals surface area contributed by atoms with Gasteiger partial charge in [0.25, 0.3) is 0 Å². The van der Waals surface area contributed by atoms with Crippen LogP contribution in [-0.2, 0) is 9.47 Å². The Bertz CT molecular complexity index is 191. The molecule has 0 radical (unpaired) electrons. The largest absolute Gasteiger partial charge is 0.380 e. The minimum atomic E-state index is -0.106. The van der Waals surface area contributed by atoms with Crippen LogP contribution >= 0.6 is 0 Å². The van der Waals surface area contributed by atoms with E-state index in [1.54, 1.807) is 7.11 Å². The van der Waals surface area contributed by atoms with E-state index in [0.717, 1.165) is 0 Å². The van der Waals surface area contributed by atoms with Crippen LogP contribution < -0.4 is 5.32 Å². The molecule has 0 spiro atoms. The third kappa shape index (κ3) is 8.08. The average Bonchev–Trinajstić information content (AvgIpc) is 2.07. The molecule has 0 saturated heterocycles. The van der Waals surface area contributed by atoms with Crippen LogP contribution in [0.1, 0.15) is 48.5 Å². The average molecular weight is 231 g/mol. The van der Waals surface area contributed by atoms with Gasteiger partial charge in [0.2, 0.25) is 0 Å². The van der Waals surface area contributed by atoms with Crippen LogP contribution in [0.25, 0.3) is 0 Å². The smallest absolute Gasteiger partial charge is 0.0718 e. The van der Waals surface area contributed by atoms with Crippen LogP contribution in [0.4, 0.5) is 0 Å². The van der Waals surface area contributed by atoms with Crippen molar-refractivity contribution in [2.75, 3.05) is 13.7 Å². The molecule has 0 fully saturated rings. The lowest BCUT2D eigenvalue weighted by molar-refractivity contribution is -0.0435. The molecule has 0 saturated carbocycles. The van der Waals surface area contributed by atoms with E-state index in [4.69, 9.17) is 9.47 Å². The first-order valence-electron chi connectivity index (χ1n) is 5.99. The minimum Gasteiger partial charge on any atom is -0.380 e. The van der Waals surface area contributed by atoms with Crippen LogP contribution in [-0.4, -0.2) is 37.0 Å². The first-order chi connectivity index (χ1) is 7.05. The summed E-state index contributed by atoms with van der Waals surface area (Å²) in [5.41, 5.74) is -0.0377. The molecule has 0 aromatic heterocycles. The van der Waals surface area contributed by atoms with Crippen molar-refractivity contribution in [3.05, 3.63) is 0 Å². The van der Waals surface area contributed by atoms with Gasteiger partial charge in [0.1, 0.15) is 0 Å². The lowest BCUT2D eigenvalue weighted by Crippen LogP contribution is -2.52. The highest BCUT2D eigenvalue weighted by Crippen LogP contribution is 2.12. The summed E-state index contributed by atoms with van der Waals surface area (Å²) in [4.78, 5) is 0. The lowest BCUT2D eigenvalue weighted by atomic mass is 10.0. The molecule has 98 valence electrons. The summed E-state index contributed by atoms with van der Waals surface area (Å²) in [6.45, 7) is 15.4. The highest BCUT2D eigenvalue weighted by Gasteiger charge is 2.24. The maximum absolute atomic E-state index is 5.82. The molecule has 0 bridgehead atoms. The molecule has 16 heavy (non-hydrogen) atoms. The molecular formula is C13H29NO2. The monoisotopic (exact) mass is 231 g/mol. The van der Waals surface area contributed by atoms with Gasteiger partial charge in [-0.2, -0.15) is 0 Å². The molecule has 0 amide bonds. The Morgan fingerprint density at radius 2 is 1.56 bits per heavy atom. The number of hydrogen-bond acceptors (Lipinski definition) is 3. The molecular weight excluding hydrogens is 202 g/mol. The third-order valence-electron chi connectivity index (χ3n) is 2.25. The lowest BCUT2D eigenvalue weighted by Gasteiger charge is -2.33. The standard InChI is InChI=1S/C13H29NO2/c1-10(15-8)11(14-12(2,3)4)9-16-13(5,6)7/h10-11,14H,9H2,1-8H3. The fourth-order valence-electron chi connectivity index (χ4n) is 1.35. The molecule has 0 aromatic rings. The van der Waals surface area contributed by atoms with Crippen molar-refractivity contribution < 1.29 is 9.47 Å². The van der Waals surface area contributed by atoms with E-state index >= 15 is 0 Å². The van der Waals surface area contributed by atoms with Gasteiger partial charge >= 0.3 is 0 Å². The highest BCUT2D eigenvalue weighted by molar-refractivity contribution is 4.82. The zero-order chi connectivity index (χ0) is 13.0. The summed E-state index contributed by atoms with van der Waals surface area (Å²) in [5, 5.41) is 3.53. The second kappa shape index (κ2) is 5.99. The van der Waals surface area contributed by atoms with Crippen molar-refractivity contribution in [3.8, 4) is 0 Å². The van der Waals surface area contributed by atoms with Gasteiger partial charge in [-0.25, -0.2) is 0 Å². The summed E-state index contributed by atoms with van der Waals surface area (Å²) in [6, 6.07) is 0.212. The molecule has 2 atom stereocenters. The van der Waals surface area contributed by atoms with Crippen LogP contribution in [0.5, 0.6) is 0 Å². The Morgan fingerprint density at radius 3 is 1.88 bits per heavy atom. The van der Waals surface area contributed by atoms with Gasteiger partial charge in [-0.3, -0.25) is 0 Å². The highest BCUT2D eigenvalue weighted by atomic mass is 16.5. The van der Waals surface area contributed by atoms with Crippen molar-refractivity contribution >= 4 is 0 Å². The summed E-state index contributed by atoms with van der Waals surface area (Å²) in [5.74, 6) is 0. The molecule has 0 aliphatic carbocycles. The first kappa shape index (κ1) is 15.9. The van der Waals surface area contributed by atoms with E-state index in [1.165, 1.54) is 0 Å². The molecule has 0 rings (SSSR count). The third-order valence-corrected chi connectivity index (χ3v) is 2.25. The van der Waals surface area contributed by atoms with Crippen LogP contribution in [0.15, 0.2) is 0 Å². The Kier molecular flexibility index (Phi) is 5.94. The van der Waals surface area contributed by atoms with Crippen molar-refractivity contribution in [1.82, 2.24) is 5.32 Å². The van der Waals surface area contributed by atoms with E-state index in [-0.39, 0.29) is 23.3 Å². The van der Waals surface area contributed by atoms with Gasteiger partial charge in [0.05, 0.1) is 24.4 Å². The van der Waals surface area contributed by atoms with Gasteiger partial charge in [0.15, 0.2) is 0 Å². The molecule has 2 unspecified atom stereocenters. The van der Waals surface area contributed by atoms with Crippen molar-refractivity contribution in [3.63, 3.8) is 0 Å². The van der Waals surface area contributed by atoms with Gasteiger partial charge in [-0.15, -0.1) is 0 Å². The minimum absolute atomic E-state index is 0.0682. The Morgan fingerprint density at radius 1 is 1.06 bits per heavy atom. The normalized spacial score (nSPS) is 17.2. The summed E-state index contributed by atoms with van der Waals surface area (Å²) < 4.78 is 11.2. The quantitative estimate of drug-likeness (QED) is 0.789. The molecule has 0 heterocycles. The van der Waals surface area contributed by atoms with E-state index in [9.17, 15) is 0 Å². The zero-order valence-corrected chi connectivity index (χ0v) is 12.2. The topological polar surface area (TPSA) is 30.5 Å². The van der Waals surface area contributed by atoms with Gasteiger partial charge < -0.3 is 14.8 Å². The van der Waals surface area contributed by atoms with Crippen LogP contribution in [0.2, 0.25) is 0 Å². The Hall–Kier alpha value is -0.120. The predicted octanol–water partition coefficient (Wildman–Crippen LogP) is 2.59. The Labute approximate surface area is 101 Å². The second-order valence-corrected chi connectivity index (χ2v) is 6.37. The van der Waals surface area contributed by atoms with E-state index in [1.807, 2.05) is 0 Å². The molecule has 0 aromatic carbocycles. The predicted molar refractivity (Wildman–Crippen MR) is 68.9 cm³/mol. The Balaban J connectivity index is 4.33. The maximum atomic E-state index is 5.82. The number of ether oxygens (including phenoxy) is 2. The fraction of sp³-hybridized carbons (Fsp3) is 1.00. The van der Waals surface area contributed by atoms with Gasteiger partial charge in [-0.05, 0) is 48.5 Å². The first-order valence-corrected chi connectivity index (χ1v) is 5.99. The van der Waals surface area contributed by atoms with E-state index in [0.29, 0.717) is 6.61 Å². The summed E-state index contributed by atoms with van der Waals surface area (Å²) in [6.07, 6.45) is 0.140. The molecule has 0 aliphatic rings. The van der Waals surface area contributed by atoms with Crippen molar-refractivity contribution in [1.29, 1.82) is 0 Å². The maximum Gasteiger partial charge on any atom is 0.0718 e. The van der Waals surface area contributed by atoms with Crippen molar-refractivity contribution in [2.45, 2.75) is 71.8 Å². The van der Waals surface area contributed by atoms with Gasteiger partial charge in [-0.1, -0.05) is 0 Å². The number of rotatable bonds is 5. The zero-order valence-electron chi connectivity index (χ0n) is 12.2. The number of nitrogens with one attached hydrogen (secondary N) is 1. The number of methoxy groups -OCH3 is 1. The van der Waals surface area contributed by atoms with Crippen LogP contribution in [0, 0.1) is 0 Å². The molecule has 0 aliphatic heterocycles. The summed E-state index contributed by atoms with van der Waals surface area (Å²) >= 11 is 0. The van der Waals surface area contributed by atoms with Crippen molar-refractivity contribution in [2.24, 2.45) is 0 Å². The van der Waals surface area contributed by atoms with Gasteiger partial charge in [0, 0.05) is 12.6 Å². The molecule has 3 nitrogen and oxygen atoms in total. The number of hydrogen-bond donors (Lipinski definition) is 1. The van der Waals surface area contributed by atoms with E-state index < -0.39 is 0 Å². The SMILES string of the molecule is COC(C)C(COC(C)(C)C)NC(C)(C)C. The molecule has 1 N–H and O–H groups in total. The molecule has 3 heteroatoms. The second-order valence-electron chi connectivity index (χ2n) is 6.37.